The molecule has 5 rings (SSSR count). The molecule has 3 fully saturated rings. The molecule has 1 aliphatic carbocycles. The summed E-state index contributed by atoms with van der Waals surface area (Å²) < 4.78 is 48.9. The van der Waals surface area contributed by atoms with Gasteiger partial charge < -0.3 is 14.4 Å². The number of carbonyl (C=O) groups is 1. The molecule has 34 heavy (non-hydrogen) atoms. The predicted molar refractivity (Wildman–Crippen MR) is 124 cm³/mol. The smallest absolute Gasteiger partial charge is 0.446 e. The maximum absolute atomic E-state index is 13.0. The molecular weight excluding hydrogens is 463 g/mol. The van der Waals surface area contributed by atoms with Gasteiger partial charge in [0.1, 0.15) is 11.9 Å². The van der Waals surface area contributed by atoms with Crippen LogP contribution in [0.3, 0.4) is 0 Å². The highest BCUT2D eigenvalue weighted by molar-refractivity contribution is 8.00. The van der Waals surface area contributed by atoms with Gasteiger partial charge in [0.05, 0.1) is 13.2 Å². The van der Waals surface area contributed by atoms with Crippen LogP contribution >= 0.6 is 11.8 Å². The van der Waals surface area contributed by atoms with Gasteiger partial charge in [-0.15, -0.1) is 0 Å². The van der Waals surface area contributed by atoms with Crippen LogP contribution in [-0.4, -0.2) is 48.7 Å². The predicted octanol–water partition coefficient (Wildman–Crippen LogP) is 6.05. The molecular formula is C26H28F3NO3S. The Labute approximate surface area is 201 Å². The molecule has 2 saturated heterocycles. The minimum Gasteiger partial charge on any atom is -0.490 e. The Hall–Kier alpha value is -2.19. The number of piperidine rings is 1. The van der Waals surface area contributed by atoms with Gasteiger partial charge in [-0.05, 0) is 72.5 Å². The van der Waals surface area contributed by atoms with E-state index in [1.54, 1.807) is 12.1 Å². The Morgan fingerprint density at radius 3 is 2.12 bits per heavy atom. The van der Waals surface area contributed by atoms with Gasteiger partial charge >= 0.3 is 5.51 Å². The fraction of sp³-hybridized carbons (Fsp3) is 0.500. The molecule has 1 amide bonds. The van der Waals surface area contributed by atoms with E-state index < -0.39 is 5.51 Å². The fourth-order valence-corrected chi connectivity index (χ4v) is 5.68. The Morgan fingerprint density at radius 2 is 1.62 bits per heavy atom. The number of alkyl halides is 3. The van der Waals surface area contributed by atoms with E-state index >= 15 is 0 Å². The average molecular weight is 492 g/mol. The van der Waals surface area contributed by atoms with Crippen LogP contribution in [0.5, 0.6) is 5.75 Å². The van der Waals surface area contributed by atoms with E-state index in [1.807, 2.05) is 17.0 Å². The van der Waals surface area contributed by atoms with E-state index in [4.69, 9.17) is 9.47 Å². The monoisotopic (exact) mass is 491 g/mol. The van der Waals surface area contributed by atoms with Crippen molar-refractivity contribution in [3.8, 4) is 5.75 Å². The first kappa shape index (κ1) is 23.5. The van der Waals surface area contributed by atoms with Gasteiger partial charge in [0, 0.05) is 41.8 Å². The standard InChI is InChI=1S/C26H28F3NO3S/c27-26(28,29)34-23-10-8-21(9-11-23)33-22-12-14-30(15-13-22)24(31)18-4-6-20(7-5-18)25(16-32-17-25)19-2-1-3-19/h4-11,19,22H,1-3,12-17H2. The summed E-state index contributed by atoms with van der Waals surface area (Å²) in [6.45, 7) is 2.74. The van der Waals surface area contributed by atoms with Crippen LogP contribution in [-0.2, 0) is 10.2 Å². The number of thioether (sulfide) groups is 1. The lowest BCUT2D eigenvalue weighted by Crippen LogP contribution is -2.54. The van der Waals surface area contributed by atoms with Crippen LogP contribution in [0.4, 0.5) is 13.2 Å². The topological polar surface area (TPSA) is 38.8 Å². The minimum atomic E-state index is -4.30. The molecule has 0 bridgehead atoms. The van der Waals surface area contributed by atoms with Crippen molar-refractivity contribution in [2.24, 2.45) is 5.92 Å². The third-order valence-corrected chi connectivity index (χ3v) is 8.14. The second-order valence-electron chi connectivity index (χ2n) is 9.48. The van der Waals surface area contributed by atoms with Crippen molar-refractivity contribution in [2.45, 2.75) is 54.0 Å². The molecule has 0 N–H and O–H groups in total. The van der Waals surface area contributed by atoms with Crippen LogP contribution in [0.25, 0.3) is 0 Å². The number of benzene rings is 2. The molecule has 4 nitrogen and oxygen atoms in total. The molecule has 2 aromatic rings. The Kier molecular flexibility index (Phi) is 6.55. The first-order chi connectivity index (χ1) is 16.3. The second-order valence-corrected chi connectivity index (χ2v) is 10.6. The van der Waals surface area contributed by atoms with Crippen LogP contribution < -0.4 is 4.74 Å². The number of hydrogen-bond acceptors (Lipinski definition) is 4. The molecule has 3 aliphatic rings. The van der Waals surface area contributed by atoms with Crippen molar-refractivity contribution < 1.29 is 27.4 Å². The van der Waals surface area contributed by atoms with Gasteiger partial charge in [-0.25, -0.2) is 0 Å². The molecule has 2 aliphatic heterocycles. The number of hydrogen-bond donors (Lipinski definition) is 0. The number of likely N-dealkylation sites (tertiary alicyclic amines) is 1. The molecule has 1 saturated carbocycles. The van der Waals surface area contributed by atoms with Crippen LogP contribution in [0.1, 0.15) is 48.0 Å². The molecule has 2 heterocycles. The normalized spacial score (nSPS) is 21.0. The molecule has 0 aromatic heterocycles. The summed E-state index contributed by atoms with van der Waals surface area (Å²) >= 11 is -0.137. The largest absolute Gasteiger partial charge is 0.490 e. The zero-order chi connectivity index (χ0) is 23.8. The second kappa shape index (κ2) is 9.46. The van der Waals surface area contributed by atoms with E-state index in [1.165, 1.54) is 37.0 Å². The summed E-state index contributed by atoms with van der Waals surface area (Å²) in [5.41, 5.74) is -2.18. The highest BCUT2D eigenvalue weighted by atomic mass is 32.2. The molecule has 0 atom stereocenters. The zero-order valence-corrected chi connectivity index (χ0v) is 19.7. The van der Waals surface area contributed by atoms with Gasteiger partial charge in [-0.1, -0.05) is 18.6 Å². The van der Waals surface area contributed by atoms with Gasteiger partial charge in [0.25, 0.3) is 5.91 Å². The summed E-state index contributed by atoms with van der Waals surface area (Å²) in [4.78, 5) is 15.0. The molecule has 2 aromatic carbocycles. The highest BCUT2D eigenvalue weighted by Crippen LogP contribution is 2.48. The maximum atomic E-state index is 13.0. The SMILES string of the molecule is O=C(c1ccc(C2(C3CCC3)COC2)cc1)N1CCC(Oc2ccc(SC(F)(F)F)cc2)CC1. The van der Waals surface area contributed by atoms with Crippen LogP contribution in [0.2, 0.25) is 0 Å². The fourth-order valence-electron chi connectivity index (χ4n) is 5.14. The average Bonchev–Trinajstić information content (AvgIpc) is 2.75. The Balaban J connectivity index is 1.13. The van der Waals surface area contributed by atoms with Crippen molar-refractivity contribution in [3.05, 3.63) is 59.7 Å². The summed E-state index contributed by atoms with van der Waals surface area (Å²) in [6.07, 6.45) is 5.13. The van der Waals surface area contributed by atoms with Crippen molar-refractivity contribution in [2.75, 3.05) is 26.3 Å². The van der Waals surface area contributed by atoms with Gasteiger partial charge in [0.15, 0.2) is 0 Å². The lowest BCUT2D eigenvalue weighted by Gasteiger charge is -2.51. The molecule has 8 heteroatoms. The third-order valence-electron chi connectivity index (χ3n) is 7.40. The number of ether oxygens (including phenoxy) is 2. The lowest BCUT2D eigenvalue weighted by atomic mass is 9.61. The summed E-state index contributed by atoms with van der Waals surface area (Å²) in [5, 5.41) is 0. The number of carbonyl (C=O) groups excluding carboxylic acids is 1. The van der Waals surface area contributed by atoms with Crippen LogP contribution in [0, 0.1) is 5.92 Å². The van der Waals surface area contributed by atoms with Gasteiger partial charge in [-0.2, -0.15) is 13.2 Å². The first-order valence-electron chi connectivity index (χ1n) is 11.8. The van der Waals surface area contributed by atoms with Crippen LogP contribution in [0.15, 0.2) is 53.4 Å². The summed E-state index contributed by atoms with van der Waals surface area (Å²) in [5.74, 6) is 1.27. The first-order valence-corrected chi connectivity index (χ1v) is 12.6. The van der Waals surface area contributed by atoms with E-state index in [-0.39, 0.29) is 34.1 Å². The Morgan fingerprint density at radius 1 is 0.971 bits per heavy atom. The van der Waals surface area contributed by atoms with Crippen molar-refractivity contribution in [3.63, 3.8) is 0 Å². The number of nitrogens with zero attached hydrogens (tertiary/aromatic N) is 1. The highest BCUT2D eigenvalue weighted by Gasteiger charge is 2.48. The van der Waals surface area contributed by atoms with Crippen molar-refractivity contribution in [1.82, 2.24) is 4.90 Å². The maximum Gasteiger partial charge on any atom is 0.446 e. The number of rotatable bonds is 6. The zero-order valence-electron chi connectivity index (χ0n) is 18.9. The summed E-state index contributed by atoms with van der Waals surface area (Å²) in [7, 11) is 0. The van der Waals surface area contributed by atoms with Crippen molar-refractivity contribution in [1.29, 1.82) is 0 Å². The van der Waals surface area contributed by atoms with E-state index in [2.05, 4.69) is 12.1 Å². The summed E-state index contributed by atoms with van der Waals surface area (Å²) in [6, 6.07) is 14.1. The molecule has 0 unspecified atom stereocenters. The quantitative estimate of drug-likeness (QED) is 0.461. The lowest BCUT2D eigenvalue weighted by molar-refractivity contribution is -0.107. The third kappa shape index (κ3) is 4.93. The van der Waals surface area contributed by atoms with E-state index in [9.17, 15) is 18.0 Å². The van der Waals surface area contributed by atoms with Gasteiger partial charge in [0.2, 0.25) is 0 Å². The molecule has 0 radical (unpaired) electrons. The Bertz CT molecular complexity index is 993. The van der Waals surface area contributed by atoms with E-state index in [0.717, 1.165) is 13.2 Å². The van der Waals surface area contributed by atoms with E-state index in [0.29, 0.717) is 43.2 Å². The minimum absolute atomic E-state index is 0.0288. The molecule has 0 spiro atoms. The van der Waals surface area contributed by atoms with Crippen molar-refractivity contribution >= 4 is 17.7 Å². The molecule has 182 valence electrons. The number of halogens is 3. The number of amides is 1. The van der Waals surface area contributed by atoms with Gasteiger partial charge in [-0.3, -0.25) is 4.79 Å².